The highest BCUT2D eigenvalue weighted by Crippen LogP contribution is 2.13. The van der Waals surface area contributed by atoms with Gasteiger partial charge in [-0.05, 0) is 24.6 Å². The molecule has 1 aliphatic rings. The van der Waals surface area contributed by atoms with Crippen LogP contribution >= 0.6 is 0 Å². The van der Waals surface area contributed by atoms with E-state index >= 15 is 0 Å². The number of amides is 1. The van der Waals surface area contributed by atoms with E-state index in [1.54, 1.807) is 7.11 Å². The molecule has 0 aliphatic carbocycles. The van der Waals surface area contributed by atoms with Gasteiger partial charge in [-0.3, -0.25) is 4.79 Å². The highest BCUT2D eigenvalue weighted by molar-refractivity contribution is 5.80. The fraction of sp³-hybridized carbons (Fsp3) is 0.533. The number of nitrogens with zero attached hydrogens (tertiary/aromatic N) is 1. The fourth-order valence-corrected chi connectivity index (χ4v) is 2.16. The van der Waals surface area contributed by atoms with Gasteiger partial charge in [0.05, 0.1) is 13.7 Å². The highest BCUT2D eigenvalue weighted by atomic mass is 16.5. The van der Waals surface area contributed by atoms with Crippen LogP contribution in [0.15, 0.2) is 24.3 Å². The largest absolute Gasteiger partial charge is 0.497 e. The van der Waals surface area contributed by atoms with E-state index in [9.17, 15) is 4.79 Å². The molecule has 1 aromatic rings. The SMILES string of the molecule is COc1ccc(COC(C)C(=O)N2CCNCC2)cc1. The van der Waals surface area contributed by atoms with Crippen LogP contribution in [-0.2, 0) is 16.1 Å². The summed E-state index contributed by atoms with van der Waals surface area (Å²) >= 11 is 0. The molecule has 0 radical (unpaired) electrons. The van der Waals surface area contributed by atoms with E-state index in [1.165, 1.54) is 0 Å². The quantitative estimate of drug-likeness (QED) is 0.874. The summed E-state index contributed by atoms with van der Waals surface area (Å²) in [5, 5.41) is 3.23. The molecular formula is C15H22N2O3. The molecule has 1 heterocycles. The molecule has 0 aromatic heterocycles. The van der Waals surface area contributed by atoms with Crippen LogP contribution in [0.3, 0.4) is 0 Å². The summed E-state index contributed by atoms with van der Waals surface area (Å²) in [6, 6.07) is 7.67. The summed E-state index contributed by atoms with van der Waals surface area (Å²) in [5.74, 6) is 0.888. The predicted octanol–water partition coefficient (Wildman–Crippen LogP) is 1.03. The molecule has 5 heteroatoms. The Labute approximate surface area is 119 Å². The smallest absolute Gasteiger partial charge is 0.251 e. The van der Waals surface area contributed by atoms with E-state index in [2.05, 4.69) is 5.32 Å². The number of ether oxygens (including phenoxy) is 2. The normalized spacial score (nSPS) is 16.8. The van der Waals surface area contributed by atoms with E-state index in [1.807, 2.05) is 36.1 Å². The predicted molar refractivity (Wildman–Crippen MR) is 76.7 cm³/mol. The lowest BCUT2D eigenvalue weighted by atomic mass is 10.2. The number of carbonyl (C=O) groups excluding carboxylic acids is 1. The lowest BCUT2D eigenvalue weighted by molar-refractivity contribution is -0.144. The van der Waals surface area contributed by atoms with Crippen molar-refractivity contribution >= 4 is 5.91 Å². The first-order valence-corrected chi connectivity index (χ1v) is 6.94. The van der Waals surface area contributed by atoms with Crippen molar-refractivity contribution in [3.8, 4) is 5.75 Å². The Balaban J connectivity index is 1.81. The van der Waals surface area contributed by atoms with E-state index in [4.69, 9.17) is 9.47 Å². The van der Waals surface area contributed by atoms with Crippen LogP contribution in [0.25, 0.3) is 0 Å². The summed E-state index contributed by atoms with van der Waals surface area (Å²) in [4.78, 5) is 14.0. The maximum atomic E-state index is 12.2. The third-order valence-corrected chi connectivity index (χ3v) is 3.44. The van der Waals surface area contributed by atoms with Gasteiger partial charge in [0.15, 0.2) is 0 Å². The van der Waals surface area contributed by atoms with Crippen molar-refractivity contribution in [1.82, 2.24) is 10.2 Å². The zero-order valence-electron chi connectivity index (χ0n) is 12.1. The third kappa shape index (κ3) is 3.95. The van der Waals surface area contributed by atoms with Crippen LogP contribution in [0.4, 0.5) is 0 Å². The van der Waals surface area contributed by atoms with Crippen molar-refractivity contribution in [2.24, 2.45) is 0 Å². The second-order valence-electron chi connectivity index (χ2n) is 4.88. The first-order chi connectivity index (χ1) is 9.70. The van der Waals surface area contributed by atoms with Gasteiger partial charge in [-0.1, -0.05) is 12.1 Å². The molecule has 1 atom stereocenters. The average molecular weight is 278 g/mol. The Morgan fingerprint density at radius 2 is 1.95 bits per heavy atom. The lowest BCUT2D eigenvalue weighted by Crippen LogP contribution is -2.49. The lowest BCUT2D eigenvalue weighted by Gasteiger charge is -2.29. The van der Waals surface area contributed by atoms with Crippen molar-refractivity contribution in [3.05, 3.63) is 29.8 Å². The molecule has 1 aliphatic heterocycles. The monoisotopic (exact) mass is 278 g/mol. The Morgan fingerprint density at radius 3 is 2.55 bits per heavy atom. The minimum absolute atomic E-state index is 0.0695. The number of carbonyl (C=O) groups is 1. The Hall–Kier alpha value is -1.59. The number of benzene rings is 1. The topological polar surface area (TPSA) is 50.8 Å². The molecule has 1 fully saturated rings. The zero-order valence-corrected chi connectivity index (χ0v) is 12.1. The van der Waals surface area contributed by atoms with Crippen LogP contribution in [0.2, 0.25) is 0 Å². The van der Waals surface area contributed by atoms with Gasteiger partial charge in [0.2, 0.25) is 0 Å². The number of hydrogen-bond acceptors (Lipinski definition) is 4. The Bertz CT molecular complexity index is 427. The molecule has 0 spiro atoms. The van der Waals surface area contributed by atoms with E-state index in [-0.39, 0.29) is 5.91 Å². The van der Waals surface area contributed by atoms with Gasteiger partial charge >= 0.3 is 0 Å². The van der Waals surface area contributed by atoms with Gasteiger partial charge in [-0.25, -0.2) is 0 Å². The second-order valence-corrected chi connectivity index (χ2v) is 4.88. The van der Waals surface area contributed by atoms with Crippen molar-refractivity contribution in [2.75, 3.05) is 33.3 Å². The third-order valence-electron chi connectivity index (χ3n) is 3.44. The summed E-state index contributed by atoms with van der Waals surface area (Å²) in [6.07, 6.45) is -0.407. The number of rotatable bonds is 5. The maximum Gasteiger partial charge on any atom is 0.251 e. The standard InChI is InChI=1S/C15H22N2O3/c1-12(15(18)17-9-7-16-8-10-17)20-11-13-3-5-14(19-2)6-4-13/h3-6,12,16H,7-11H2,1-2H3. The molecule has 2 rings (SSSR count). The van der Waals surface area contributed by atoms with Crippen molar-refractivity contribution in [1.29, 1.82) is 0 Å². The van der Waals surface area contributed by atoms with Crippen molar-refractivity contribution < 1.29 is 14.3 Å². The van der Waals surface area contributed by atoms with Crippen LogP contribution in [0, 0.1) is 0 Å². The van der Waals surface area contributed by atoms with E-state index in [0.717, 1.165) is 37.5 Å². The van der Waals surface area contributed by atoms with Crippen LogP contribution in [0.1, 0.15) is 12.5 Å². The minimum Gasteiger partial charge on any atom is -0.497 e. The van der Waals surface area contributed by atoms with Crippen LogP contribution in [-0.4, -0.2) is 50.2 Å². The van der Waals surface area contributed by atoms with Gasteiger partial charge in [0, 0.05) is 26.2 Å². The van der Waals surface area contributed by atoms with Crippen LogP contribution in [0.5, 0.6) is 5.75 Å². The minimum atomic E-state index is -0.407. The maximum absolute atomic E-state index is 12.2. The molecule has 5 nitrogen and oxygen atoms in total. The molecule has 0 bridgehead atoms. The van der Waals surface area contributed by atoms with Gasteiger partial charge in [0.25, 0.3) is 5.91 Å². The molecule has 1 saturated heterocycles. The second kappa shape index (κ2) is 7.26. The summed E-state index contributed by atoms with van der Waals surface area (Å²) in [7, 11) is 1.64. The zero-order chi connectivity index (χ0) is 14.4. The molecule has 1 N–H and O–H groups in total. The van der Waals surface area contributed by atoms with Gasteiger partial charge in [-0.15, -0.1) is 0 Å². The summed E-state index contributed by atoms with van der Waals surface area (Å²) < 4.78 is 10.8. The molecule has 0 saturated carbocycles. The number of piperazine rings is 1. The molecule has 110 valence electrons. The first-order valence-electron chi connectivity index (χ1n) is 6.94. The van der Waals surface area contributed by atoms with Gasteiger partial charge in [-0.2, -0.15) is 0 Å². The molecule has 1 aromatic carbocycles. The summed E-state index contributed by atoms with van der Waals surface area (Å²) in [5.41, 5.74) is 1.03. The van der Waals surface area contributed by atoms with E-state index in [0.29, 0.717) is 6.61 Å². The highest BCUT2D eigenvalue weighted by Gasteiger charge is 2.22. The molecule has 1 unspecified atom stereocenters. The Morgan fingerprint density at radius 1 is 1.30 bits per heavy atom. The van der Waals surface area contributed by atoms with Gasteiger partial charge < -0.3 is 19.7 Å². The molecular weight excluding hydrogens is 256 g/mol. The molecule has 1 amide bonds. The van der Waals surface area contributed by atoms with Crippen molar-refractivity contribution in [3.63, 3.8) is 0 Å². The molecule has 20 heavy (non-hydrogen) atoms. The van der Waals surface area contributed by atoms with Crippen LogP contribution < -0.4 is 10.1 Å². The van der Waals surface area contributed by atoms with Crippen molar-refractivity contribution in [2.45, 2.75) is 19.6 Å². The average Bonchev–Trinajstić information content (AvgIpc) is 2.53. The Kier molecular flexibility index (Phi) is 5.38. The summed E-state index contributed by atoms with van der Waals surface area (Å²) in [6.45, 7) is 5.48. The van der Waals surface area contributed by atoms with Gasteiger partial charge in [0.1, 0.15) is 11.9 Å². The number of methoxy groups -OCH3 is 1. The van der Waals surface area contributed by atoms with E-state index < -0.39 is 6.10 Å². The number of hydrogen-bond donors (Lipinski definition) is 1. The number of nitrogens with one attached hydrogen (secondary N) is 1. The first kappa shape index (κ1) is 14.8. The fourth-order valence-electron chi connectivity index (χ4n) is 2.16.